The Morgan fingerprint density at radius 1 is 0.385 bits per heavy atom. The maximum absolute atomic E-state index is 3.10. The molecule has 0 spiro atoms. The van der Waals surface area contributed by atoms with E-state index in [-0.39, 0.29) is 0 Å². The third-order valence-electron chi connectivity index (χ3n) is 8.06. The average Bonchev–Trinajstić information content (AvgIpc) is 2.74. The summed E-state index contributed by atoms with van der Waals surface area (Å²) in [6.07, 6.45) is 29.6. The Kier molecular flexibility index (Phi) is 7.34. The molecule has 0 atom stereocenters. The highest BCUT2D eigenvalue weighted by Gasteiger charge is 2.48. The van der Waals surface area contributed by atoms with Crippen LogP contribution in [0.15, 0.2) is 0 Å². The molecule has 0 heterocycles. The summed E-state index contributed by atoms with van der Waals surface area (Å²) in [5.41, 5.74) is 0. The molecule has 4 aliphatic rings. The van der Waals surface area contributed by atoms with E-state index in [2.05, 4.69) is 10.0 Å². The lowest BCUT2D eigenvalue weighted by molar-refractivity contribution is -0.0986. The molecular formula is C24H44N2+. The lowest BCUT2D eigenvalue weighted by Gasteiger charge is -2.46. The van der Waals surface area contributed by atoms with Crippen LogP contribution in [0.25, 0.3) is 0 Å². The molecule has 0 aromatic heterocycles. The van der Waals surface area contributed by atoms with Gasteiger partial charge in [-0.15, -0.1) is 0 Å². The molecule has 4 aliphatic carbocycles. The molecule has 4 saturated carbocycles. The van der Waals surface area contributed by atoms with Crippen molar-refractivity contribution in [3.63, 3.8) is 0 Å². The molecule has 149 valence electrons. The predicted octanol–water partition coefficient (Wildman–Crippen LogP) is 6.67. The van der Waals surface area contributed by atoms with Gasteiger partial charge in [-0.25, -0.2) is 0 Å². The van der Waals surface area contributed by atoms with Gasteiger partial charge in [0.1, 0.15) is 0 Å². The SMILES string of the molecule is C1CCC(N(C2CCCCC2)[N+](C2CCCCC2)C2CCCCC2)CC1. The van der Waals surface area contributed by atoms with Gasteiger partial charge in [-0.3, -0.25) is 0 Å². The monoisotopic (exact) mass is 360 g/mol. The van der Waals surface area contributed by atoms with Crippen molar-refractivity contribution in [1.29, 1.82) is 0 Å². The number of hydrazine groups is 1. The van der Waals surface area contributed by atoms with E-state index in [1.54, 1.807) is 0 Å². The summed E-state index contributed by atoms with van der Waals surface area (Å²) in [6.45, 7) is 0. The zero-order valence-electron chi connectivity index (χ0n) is 17.3. The first-order valence-electron chi connectivity index (χ1n) is 12.5. The fourth-order valence-corrected chi connectivity index (χ4v) is 6.73. The van der Waals surface area contributed by atoms with E-state index in [9.17, 15) is 0 Å². The minimum Gasteiger partial charge on any atom is -0.0998 e. The highest BCUT2D eigenvalue weighted by atomic mass is 15.7. The Hall–Kier alpha value is -0.0800. The lowest BCUT2D eigenvalue weighted by atomic mass is 9.87. The molecule has 0 amide bonds. The van der Waals surface area contributed by atoms with Crippen LogP contribution in [0.5, 0.6) is 0 Å². The van der Waals surface area contributed by atoms with Crippen molar-refractivity contribution < 1.29 is 0 Å². The topological polar surface area (TPSA) is 9.14 Å². The van der Waals surface area contributed by atoms with Crippen LogP contribution in [0, 0.1) is 0 Å². The van der Waals surface area contributed by atoms with Crippen LogP contribution in [-0.4, -0.2) is 29.2 Å². The Balaban J connectivity index is 1.59. The summed E-state index contributed by atoms with van der Waals surface area (Å²) in [7, 11) is 0. The van der Waals surface area contributed by atoms with E-state index in [0.717, 1.165) is 24.2 Å². The van der Waals surface area contributed by atoms with Crippen LogP contribution in [-0.2, 0) is 0 Å². The third kappa shape index (κ3) is 4.66. The smallest absolute Gasteiger partial charge is 0.0998 e. The van der Waals surface area contributed by atoms with Gasteiger partial charge in [-0.05, 0) is 51.4 Å². The highest BCUT2D eigenvalue weighted by Crippen LogP contribution is 2.37. The van der Waals surface area contributed by atoms with Gasteiger partial charge in [-0.1, -0.05) is 61.4 Å². The minimum atomic E-state index is 0.871. The molecule has 4 rings (SSSR count). The summed E-state index contributed by atoms with van der Waals surface area (Å²) < 4.78 is 0. The molecule has 0 unspecified atom stereocenters. The highest BCUT2D eigenvalue weighted by molar-refractivity contribution is 4.93. The number of hydrogen-bond acceptors (Lipinski definition) is 2. The van der Waals surface area contributed by atoms with Gasteiger partial charge in [0.15, 0.2) is 12.1 Å². The normalized spacial score (nSPS) is 28.8. The summed E-state index contributed by atoms with van der Waals surface area (Å²) in [5, 5.41) is 6.20. The fraction of sp³-hybridized carbons (Fsp3) is 1.00. The first-order chi connectivity index (χ1) is 12.9. The molecule has 1 radical (unpaired) electrons. The molecule has 2 nitrogen and oxygen atoms in total. The van der Waals surface area contributed by atoms with Crippen LogP contribution in [0.4, 0.5) is 0 Å². The molecule has 4 fully saturated rings. The Morgan fingerprint density at radius 3 is 1.04 bits per heavy atom. The Labute approximate surface area is 163 Å². The quantitative estimate of drug-likeness (QED) is 0.393. The molecule has 0 bridgehead atoms. The van der Waals surface area contributed by atoms with Crippen LogP contribution >= 0.6 is 0 Å². The van der Waals surface area contributed by atoms with Crippen LogP contribution in [0.1, 0.15) is 128 Å². The van der Waals surface area contributed by atoms with E-state index in [4.69, 9.17) is 0 Å². The number of rotatable bonds is 5. The molecule has 0 aromatic carbocycles. The van der Waals surface area contributed by atoms with Crippen LogP contribution in [0.2, 0.25) is 0 Å². The van der Waals surface area contributed by atoms with Gasteiger partial charge in [0.25, 0.3) is 0 Å². The molecule has 0 saturated heterocycles. The minimum absolute atomic E-state index is 0.871. The second kappa shape index (κ2) is 9.92. The van der Waals surface area contributed by atoms with E-state index >= 15 is 0 Å². The standard InChI is InChI=1S/C24H44N2/c1-5-13-21(14-6-1)25(22-15-7-2-8-16-22)26(23-17-9-3-10-18-23)24-19-11-4-12-20-24/h21-24H,1-20H2/q+1. The van der Waals surface area contributed by atoms with E-state index in [0.29, 0.717) is 0 Å². The average molecular weight is 361 g/mol. The molecule has 0 aliphatic heterocycles. The lowest BCUT2D eigenvalue weighted by Crippen LogP contribution is -2.66. The summed E-state index contributed by atoms with van der Waals surface area (Å²) in [5.74, 6) is 0. The van der Waals surface area contributed by atoms with E-state index in [1.807, 2.05) is 0 Å². The van der Waals surface area contributed by atoms with Gasteiger partial charge in [0.05, 0.1) is 12.1 Å². The van der Waals surface area contributed by atoms with Crippen molar-refractivity contribution in [2.45, 2.75) is 153 Å². The first kappa shape index (κ1) is 19.2. The van der Waals surface area contributed by atoms with Gasteiger partial charge < -0.3 is 0 Å². The summed E-state index contributed by atoms with van der Waals surface area (Å²) in [6, 6.07) is 3.48. The van der Waals surface area contributed by atoms with Crippen molar-refractivity contribution in [2.75, 3.05) is 0 Å². The second-order valence-electron chi connectivity index (χ2n) is 9.93. The van der Waals surface area contributed by atoms with Crippen molar-refractivity contribution in [1.82, 2.24) is 10.0 Å². The maximum Gasteiger partial charge on any atom is 0.155 e. The van der Waals surface area contributed by atoms with Crippen molar-refractivity contribution in [2.24, 2.45) is 0 Å². The first-order valence-corrected chi connectivity index (χ1v) is 12.5. The summed E-state index contributed by atoms with van der Waals surface area (Å²) >= 11 is 0. The molecule has 26 heavy (non-hydrogen) atoms. The predicted molar refractivity (Wildman–Crippen MR) is 111 cm³/mol. The zero-order valence-corrected chi connectivity index (χ0v) is 17.3. The zero-order chi connectivity index (χ0) is 17.6. The fourth-order valence-electron chi connectivity index (χ4n) is 6.73. The van der Waals surface area contributed by atoms with Gasteiger partial charge in [0, 0.05) is 25.7 Å². The van der Waals surface area contributed by atoms with Crippen molar-refractivity contribution in [3.8, 4) is 0 Å². The van der Waals surface area contributed by atoms with E-state index in [1.165, 1.54) is 128 Å². The molecule has 0 aromatic rings. The Bertz CT molecular complexity index is 311. The second-order valence-corrected chi connectivity index (χ2v) is 9.93. The van der Waals surface area contributed by atoms with Crippen LogP contribution < -0.4 is 5.01 Å². The number of nitrogens with zero attached hydrogens (tertiary/aromatic N) is 2. The van der Waals surface area contributed by atoms with E-state index < -0.39 is 0 Å². The molecular weight excluding hydrogens is 316 g/mol. The maximum atomic E-state index is 3.10. The van der Waals surface area contributed by atoms with Crippen LogP contribution in [0.3, 0.4) is 0 Å². The summed E-state index contributed by atoms with van der Waals surface area (Å²) in [4.78, 5) is 0. The number of hydrogen-bond donors (Lipinski definition) is 0. The van der Waals surface area contributed by atoms with Crippen molar-refractivity contribution >= 4 is 0 Å². The van der Waals surface area contributed by atoms with Crippen molar-refractivity contribution in [3.05, 3.63) is 0 Å². The molecule has 2 heteroatoms. The third-order valence-corrected chi connectivity index (χ3v) is 8.06. The largest absolute Gasteiger partial charge is 0.155 e. The Morgan fingerprint density at radius 2 is 0.692 bits per heavy atom. The van der Waals surface area contributed by atoms with Gasteiger partial charge in [-0.2, -0.15) is 0 Å². The van der Waals surface area contributed by atoms with Gasteiger partial charge in [0.2, 0.25) is 0 Å². The molecule has 0 N–H and O–H groups in total. The van der Waals surface area contributed by atoms with Gasteiger partial charge >= 0.3 is 0 Å².